The van der Waals surface area contributed by atoms with E-state index in [1.165, 1.54) is 11.8 Å². The topological polar surface area (TPSA) is 194 Å². The number of hydrogen-bond donors (Lipinski definition) is 4. The van der Waals surface area contributed by atoms with E-state index in [2.05, 4.69) is 16.0 Å². The second-order valence-electron chi connectivity index (χ2n) is 13.3. The molecule has 5 N–H and O–H groups in total. The number of primary amides is 1. The van der Waals surface area contributed by atoms with Crippen LogP contribution in [0.1, 0.15) is 79.7 Å². The summed E-state index contributed by atoms with van der Waals surface area (Å²) in [6, 6.07) is 5.08. The standard InChI is InChI=1S/C33H49N5O8S/c1-19(2)28(37-26(40)17-38-27(41)16-25(30(38)43)47-20(3)4)24(39)15-22(9-8-14-35-32(34)45)29(42)36-23-12-10-21(11-13-23)18-46-31(44)33(5,6)7/h10-13,19-20,22,25,28H,8-9,14-18H2,1-7H3,(H,36,42)(H,37,40)(H3,34,35,45)/t22-,25?,28+/m1/s1. The molecule has 13 nitrogen and oxygen atoms in total. The van der Waals surface area contributed by atoms with E-state index >= 15 is 0 Å². The Bertz CT molecular complexity index is 1310. The average molecular weight is 676 g/mol. The lowest BCUT2D eigenvalue weighted by molar-refractivity contribution is -0.154. The molecule has 1 heterocycles. The summed E-state index contributed by atoms with van der Waals surface area (Å²) in [5.74, 6) is -3.81. The van der Waals surface area contributed by atoms with Crippen molar-refractivity contribution in [2.45, 2.75) is 97.3 Å². The second-order valence-corrected chi connectivity index (χ2v) is 15.1. The number of imide groups is 1. The molecule has 0 saturated carbocycles. The van der Waals surface area contributed by atoms with Gasteiger partial charge in [0.1, 0.15) is 13.2 Å². The second kappa shape index (κ2) is 17.8. The zero-order valence-electron chi connectivity index (χ0n) is 28.3. The van der Waals surface area contributed by atoms with Gasteiger partial charge in [-0.25, -0.2) is 4.79 Å². The molecular weight excluding hydrogens is 626 g/mol. The quantitative estimate of drug-likeness (QED) is 0.109. The van der Waals surface area contributed by atoms with E-state index in [1.54, 1.807) is 58.9 Å². The van der Waals surface area contributed by atoms with Crippen molar-refractivity contribution in [1.29, 1.82) is 0 Å². The maximum Gasteiger partial charge on any atom is 0.312 e. The highest BCUT2D eigenvalue weighted by Crippen LogP contribution is 2.28. The summed E-state index contributed by atoms with van der Waals surface area (Å²) in [5, 5.41) is 7.55. The first-order valence-corrected chi connectivity index (χ1v) is 16.7. The van der Waals surface area contributed by atoms with E-state index in [0.29, 0.717) is 12.1 Å². The van der Waals surface area contributed by atoms with Gasteiger partial charge in [0.25, 0.3) is 0 Å². The summed E-state index contributed by atoms with van der Waals surface area (Å²) in [4.78, 5) is 89.2. The Hall–Kier alpha value is -3.94. The van der Waals surface area contributed by atoms with Crippen molar-refractivity contribution >= 4 is 58.9 Å². The molecule has 6 amide bonds. The van der Waals surface area contributed by atoms with E-state index in [0.717, 1.165) is 10.5 Å². The van der Waals surface area contributed by atoms with Crippen LogP contribution >= 0.6 is 11.8 Å². The summed E-state index contributed by atoms with van der Waals surface area (Å²) in [7, 11) is 0. The number of carbonyl (C=O) groups is 7. The first-order valence-electron chi connectivity index (χ1n) is 15.8. The van der Waals surface area contributed by atoms with Crippen molar-refractivity contribution in [2.24, 2.45) is 23.0 Å². The highest BCUT2D eigenvalue weighted by atomic mass is 32.2. The van der Waals surface area contributed by atoms with Gasteiger partial charge in [-0.05, 0) is 62.5 Å². The van der Waals surface area contributed by atoms with Gasteiger partial charge in [0.15, 0.2) is 5.78 Å². The van der Waals surface area contributed by atoms with Crippen molar-refractivity contribution in [3.8, 4) is 0 Å². The number of nitrogens with zero attached hydrogens (tertiary/aromatic N) is 1. The number of nitrogens with one attached hydrogen (secondary N) is 3. The molecule has 1 unspecified atom stereocenters. The minimum absolute atomic E-state index is 0.0241. The third kappa shape index (κ3) is 13.0. The predicted octanol–water partition coefficient (Wildman–Crippen LogP) is 3.15. The van der Waals surface area contributed by atoms with Crippen molar-refractivity contribution in [3.05, 3.63) is 29.8 Å². The van der Waals surface area contributed by atoms with E-state index in [4.69, 9.17) is 10.5 Å². The van der Waals surface area contributed by atoms with Crippen molar-refractivity contribution in [2.75, 3.05) is 18.4 Å². The number of amides is 6. The fourth-order valence-electron chi connectivity index (χ4n) is 4.79. The smallest absolute Gasteiger partial charge is 0.312 e. The molecule has 1 aromatic rings. The minimum atomic E-state index is -0.967. The Labute approximate surface area is 280 Å². The van der Waals surface area contributed by atoms with Gasteiger partial charge in [0.2, 0.25) is 23.6 Å². The number of likely N-dealkylation sites (tertiary alicyclic amines) is 1. The summed E-state index contributed by atoms with van der Waals surface area (Å²) in [5.41, 5.74) is 5.71. The highest BCUT2D eigenvalue weighted by molar-refractivity contribution is 8.01. The lowest BCUT2D eigenvalue weighted by Crippen LogP contribution is -2.49. The van der Waals surface area contributed by atoms with Crippen molar-refractivity contribution < 1.29 is 38.3 Å². The van der Waals surface area contributed by atoms with Crippen LogP contribution in [0.4, 0.5) is 10.5 Å². The van der Waals surface area contributed by atoms with Gasteiger partial charge in [-0.1, -0.05) is 39.8 Å². The largest absolute Gasteiger partial charge is 0.460 e. The number of benzene rings is 1. The number of ketones is 1. The van der Waals surface area contributed by atoms with Gasteiger partial charge in [-0.3, -0.25) is 33.7 Å². The van der Waals surface area contributed by atoms with Crippen LogP contribution in [-0.4, -0.2) is 75.9 Å². The zero-order chi connectivity index (χ0) is 35.5. The van der Waals surface area contributed by atoms with Crippen LogP contribution in [0.3, 0.4) is 0 Å². The zero-order valence-corrected chi connectivity index (χ0v) is 29.2. The van der Waals surface area contributed by atoms with Gasteiger partial charge in [-0.15, -0.1) is 11.8 Å². The summed E-state index contributed by atoms with van der Waals surface area (Å²) in [6.07, 6.45) is 0.417. The maximum atomic E-state index is 13.5. The maximum absolute atomic E-state index is 13.5. The number of Topliss-reactive ketones (excluding diaryl/α,β-unsaturated/α-hetero) is 1. The monoisotopic (exact) mass is 675 g/mol. The van der Waals surface area contributed by atoms with Gasteiger partial charge in [-0.2, -0.15) is 0 Å². The normalized spacial score (nSPS) is 16.2. The lowest BCUT2D eigenvalue weighted by atomic mass is 9.89. The van der Waals surface area contributed by atoms with Crippen LogP contribution in [0.15, 0.2) is 24.3 Å². The van der Waals surface area contributed by atoms with Gasteiger partial charge in [0.05, 0.1) is 16.7 Å². The first-order chi connectivity index (χ1) is 21.9. The molecule has 0 aliphatic carbocycles. The molecule has 0 bridgehead atoms. The molecule has 260 valence electrons. The molecule has 47 heavy (non-hydrogen) atoms. The molecule has 0 spiro atoms. The summed E-state index contributed by atoms with van der Waals surface area (Å²) >= 11 is 1.37. The summed E-state index contributed by atoms with van der Waals surface area (Å²) in [6.45, 7) is 12.4. The number of esters is 1. The molecule has 1 aromatic carbocycles. The Morgan fingerprint density at radius 3 is 2.23 bits per heavy atom. The number of rotatable bonds is 17. The molecule has 14 heteroatoms. The van der Waals surface area contributed by atoms with E-state index < -0.39 is 58.8 Å². The van der Waals surface area contributed by atoms with Crippen LogP contribution in [0, 0.1) is 17.3 Å². The van der Waals surface area contributed by atoms with E-state index in [9.17, 15) is 33.6 Å². The average Bonchev–Trinajstić information content (AvgIpc) is 3.22. The number of nitrogens with two attached hydrogens (primary N) is 1. The summed E-state index contributed by atoms with van der Waals surface area (Å²) < 4.78 is 5.33. The molecule has 3 atom stereocenters. The lowest BCUT2D eigenvalue weighted by Gasteiger charge is -2.25. The minimum Gasteiger partial charge on any atom is -0.460 e. The van der Waals surface area contributed by atoms with Crippen LogP contribution in [0.25, 0.3) is 0 Å². The van der Waals surface area contributed by atoms with Crippen LogP contribution in [0.2, 0.25) is 0 Å². The Morgan fingerprint density at radius 1 is 1.04 bits per heavy atom. The fourth-order valence-corrected chi connectivity index (χ4v) is 5.92. The molecule has 1 fully saturated rings. The Balaban J connectivity index is 2.09. The highest BCUT2D eigenvalue weighted by Gasteiger charge is 2.40. The van der Waals surface area contributed by atoms with Crippen molar-refractivity contribution in [3.63, 3.8) is 0 Å². The molecule has 2 rings (SSSR count). The number of anilines is 1. The Morgan fingerprint density at radius 2 is 1.68 bits per heavy atom. The fraction of sp³-hybridized carbons (Fsp3) is 0.606. The molecular formula is C33H49N5O8S. The molecule has 1 aliphatic rings. The van der Waals surface area contributed by atoms with Crippen LogP contribution in [0.5, 0.6) is 0 Å². The number of thioether (sulfide) groups is 1. The van der Waals surface area contributed by atoms with Crippen LogP contribution in [-0.2, 0) is 40.1 Å². The number of urea groups is 1. The third-order valence-corrected chi connectivity index (χ3v) is 8.56. The van der Waals surface area contributed by atoms with Crippen molar-refractivity contribution in [1.82, 2.24) is 15.5 Å². The third-order valence-electron chi connectivity index (χ3n) is 7.32. The SMILES string of the molecule is CC(C)SC1CC(=O)N(CC(=O)N[C@H](C(=O)C[C@@H](CCCNC(N)=O)C(=O)Nc2ccc(COC(=O)C(C)(C)C)cc2)C(C)C)C1=O. The van der Waals surface area contributed by atoms with Gasteiger partial charge in [0, 0.05) is 31.0 Å². The number of ether oxygens (including phenoxy) is 1. The van der Waals surface area contributed by atoms with E-state index in [1.807, 2.05) is 13.8 Å². The number of hydrogen-bond acceptors (Lipinski definition) is 9. The van der Waals surface area contributed by atoms with Gasteiger partial charge < -0.3 is 26.4 Å². The number of carbonyl (C=O) groups excluding carboxylic acids is 7. The molecule has 0 aromatic heterocycles. The van der Waals surface area contributed by atoms with E-state index in [-0.39, 0.29) is 55.3 Å². The first kappa shape index (κ1) is 39.2. The van der Waals surface area contributed by atoms with Crippen LogP contribution < -0.4 is 21.7 Å². The molecule has 1 aliphatic heterocycles. The Kier molecular flexibility index (Phi) is 14.9. The molecule has 0 radical (unpaired) electrons. The van der Waals surface area contributed by atoms with Gasteiger partial charge >= 0.3 is 12.0 Å². The molecule has 1 saturated heterocycles. The predicted molar refractivity (Wildman–Crippen MR) is 179 cm³/mol.